The number of ether oxygens (including phenoxy) is 2. The molecule has 3 aliphatic rings. The number of nitrogens with zero attached hydrogens (tertiary/aromatic N) is 4. The third-order valence-corrected chi connectivity index (χ3v) is 10.3. The first-order valence-corrected chi connectivity index (χ1v) is 17.8. The van der Waals surface area contributed by atoms with Crippen LogP contribution in [0.15, 0.2) is 48.5 Å². The smallest absolute Gasteiger partial charge is 0.404 e. The van der Waals surface area contributed by atoms with Gasteiger partial charge in [-0.2, -0.15) is 23.4 Å². The maximum atomic E-state index is 15.7. The number of amides is 2. The summed E-state index contributed by atoms with van der Waals surface area (Å²) in [6.07, 6.45) is -2.24. The van der Waals surface area contributed by atoms with Gasteiger partial charge in [-0.3, -0.25) is 14.5 Å². The van der Waals surface area contributed by atoms with Gasteiger partial charge in [-0.25, -0.2) is 4.39 Å². The van der Waals surface area contributed by atoms with Crippen LogP contribution in [0.3, 0.4) is 0 Å². The van der Waals surface area contributed by atoms with Crippen LogP contribution in [0, 0.1) is 11.7 Å². The molecule has 274 valence electrons. The molecule has 0 aliphatic carbocycles. The third-order valence-electron chi connectivity index (χ3n) is 10.3. The summed E-state index contributed by atoms with van der Waals surface area (Å²) in [7, 11) is 0. The maximum absolute atomic E-state index is 15.7. The number of likely N-dealkylation sites (tertiary alicyclic amines) is 2. The molecule has 2 aromatic carbocycles. The van der Waals surface area contributed by atoms with Gasteiger partial charge in [-0.05, 0) is 86.1 Å². The fourth-order valence-corrected chi connectivity index (χ4v) is 7.25. The van der Waals surface area contributed by atoms with Crippen molar-refractivity contribution in [3.05, 3.63) is 71.2 Å². The second-order valence-electron chi connectivity index (χ2n) is 14.2. The second-order valence-corrected chi connectivity index (χ2v) is 14.2. The lowest BCUT2D eigenvalue weighted by molar-refractivity contribution is -0.203. The Hall–Kier alpha value is -4.10. The molecule has 3 unspecified atom stereocenters. The lowest BCUT2D eigenvalue weighted by Gasteiger charge is -2.45. The minimum atomic E-state index is -4.49. The number of hydrogen-bond donors (Lipinski definition) is 1. The van der Waals surface area contributed by atoms with Gasteiger partial charge >= 0.3 is 6.18 Å². The van der Waals surface area contributed by atoms with E-state index in [0.717, 1.165) is 17.7 Å². The van der Waals surface area contributed by atoms with Crippen LogP contribution in [0.1, 0.15) is 86.8 Å². The number of halogens is 4. The monoisotopic (exact) mass is 711 g/mol. The molecule has 0 saturated carbocycles. The molecular formula is C38H45F4N5O4. The number of alkyl halides is 3. The fraction of sp³-hybridized carbons (Fsp3) is 0.526. The summed E-state index contributed by atoms with van der Waals surface area (Å²) >= 11 is 0. The summed E-state index contributed by atoms with van der Waals surface area (Å²) in [5, 5.41) is 11.3. The van der Waals surface area contributed by atoms with Gasteiger partial charge in [0.15, 0.2) is 0 Å². The highest BCUT2D eigenvalue weighted by atomic mass is 19.4. The fourth-order valence-electron chi connectivity index (χ4n) is 7.25. The van der Waals surface area contributed by atoms with Crippen molar-refractivity contribution in [2.75, 3.05) is 26.3 Å². The molecule has 3 aromatic rings. The summed E-state index contributed by atoms with van der Waals surface area (Å²) < 4.78 is 70.1. The normalized spacial score (nSPS) is 22.1. The van der Waals surface area contributed by atoms with E-state index in [0.29, 0.717) is 62.4 Å². The Bertz CT molecular complexity index is 1680. The Balaban J connectivity index is 1.22. The molecule has 1 aromatic heterocycles. The van der Waals surface area contributed by atoms with Gasteiger partial charge in [0.1, 0.15) is 23.4 Å². The van der Waals surface area contributed by atoms with E-state index in [-0.39, 0.29) is 54.6 Å². The van der Waals surface area contributed by atoms with E-state index < -0.39 is 30.0 Å². The van der Waals surface area contributed by atoms with E-state index in [2.05, 4.69) is 15.5 Å². The van der Waals surface area contributed by atoms with Crippen LogP contribution >= 0.6 is 0 Å². The third kappa shape index (κ3) is 8.69. The molecule has 6 rings (SSSR count). The number of hydrogen-bond acceptors (Lipinski definition) is 7. The molecule has 3 atom stereocenters. The Kier molecular flexibility index (Phi) is 11.3. The topological polar surface area (TPSA) is 96.9 Å². The minimum absolute atomic E-state index is 0.0460. The molecule has 0 bridgehead atoms. The molecule has 0 spiro atoms. The number of carbonyl (C=O) groups is 2. The van der Waals surface area contributed by atoms with E-state index >= 15 is 4.39 Å². The van der Waals surface area contributed by atoms with Crippen molar-refractivity contribution in [2.24, 2.45) is 5.92 Å². The van der Waals surface area contributed by atoms with E-state index in [4.69, 9.17) is 9.47 Å². The Labute approximate surface area is 295 Å². The molecular weight excluding hydrogens is 666 g/mol. The first kappa shape index (κ1) is 36.7. The van der Waals surface area contributed by atoms with Gasteiger partial charge in [-0.15, -0.1) is 0 Å². The number of benzene rings is 2. The average molecular weight is 712 g/mol. The van der Waals surface area contributed by atoms with E-state index in [1.807, 2.05) is 45.0 Å². The van der Waals surface area contributed by atoms with Crippen molar-refractivity contribution in [2.45, 2.75) is 96.1 Å². The highest BCUT2D eigenvalue weighted by Gasteiger charge is 2.49. The maximum Gasteiger partial charge on any atom is 0.404 e. The zero-order valence-electron chi connectivity index (χ0n) is 29.2. The minimum Gasteiger partial charge on any atom is -0.457 e. The molecule has 0 radical (unpaired) electrons. The largest absolute Gasteiger partial charge is 0.457 e. The number of aromatic nitrogens is 2. The van der Waals surface area contributed by atoms with Gasteiger partial charge in [0, 0.05) is 62.5 Å². The summed E-state index contributed by atoms with van der Waals surface area (Å²) in [5.74, 6) is -0.704. The number of carbonyl (C=O) groups excluding carboxylic acids is 2. The van der Waals surface area contributed by atoms with Crippen molar-refractivity contribution in [1.29, 1.82) is 0 Å². The zero-order chi connectivity index (χ0) is 36.3. The standard InChI is InChI=1S/C38H45F4N5O4/c1-4-24-17-36(48)46(21-24)22-26-18-31(39)30(20-34(26)51-29-7-5-25(6-8-29)33-10-9-32(23(2)3)44-45-33)37(49)43-27-11-14-47(28-12-15-50-16-13-28)35(19-27)38(40,41)42/h5-10,18,20,23-24,27-28,35H,4,11-17,19,21-22H2,1-3H3,(H,43,49). The predicted octanol–water partition coefficient (Wildman–Crippen LogP) is 7.26. The van der Waals surface area contributed by atoms with Crippen molar-refractivity contribution >= 4 is 11.8 Å². The Morgan fingerprint density at radius 3 is 2.43 bits per heavy atom. The number of nitrogens with one attached hydrogen (secondary N) is 1. The Morgan fingerprint density at radius 1 is 1.06 bits per heavy atom. The molecule has 3 fully saturated rings. The summed E-state index contributed by atoms with van der Waals surface area (Å²) in [6.45, 7) is 7.69. The first-order valence-electron chi connectivity index (χ1n) is 17.8. The SMILES string of the molecule is CCC1CC(=O)N(Cc2cc(F)c(C(=O)NC3CCN(C4CCOCC4)C(C(F)(F)F)C3)cc2Oc2ccc(-c3ccc(C(C)C)nn3)cc2)C1. The van der Waals surface area contributed by atoms with Crippen LogP contribution < -0.4 is 10.1 Å². The molecule has 4 heterocycles. The Morgan fingerprint density at radius 2 is 1.80 bits per heavy atom. The zero-order valence-corrected chi connectivity index (χ0v) is 29.2. The van der Waals surface area contributed by atoms with Crippen LogP contribution in [0.5, 0.6) is 11.5 Å². The van der Waals surface area contributed by atoms with Gasteiger partial charge < -0.3 is 19.7 Å². The summed E-state index contributed by atoms with van der Waals surface area (Å²) in [5.41, 5.74) is 2.38. The van der Waals surface area contributed by atoms with Gasteiger partial charge in [0.2, 0.25) is 5.91 Å². The molecule has 13 heteroatoms. The van der Waals surface area contributed by atoms with Gasteiger partial charge in [0.25, 0.3) is 5.91 Å². The quantitative estimate of drug-likeness (QED) is 0.221. The van der Waals surface area contributed by atoms with E-state index in [1.165, 1.54) is 17.0 Å². The predicted molar refractivity (Wildman–Crippen MR) is 183 cm³/mol. The summed E-state index contributed by atoms with van der Waals surface area (Å²) in [6, 6.07) is 10.6. The van der Waals surface area contributed by atoms with Gasteiger partial charge in [-0.1, -0.05) is 27.2 Å². The highest BCUT2D eigenvalue weighted by Crippen LogP contribution is 2.36. The van der Waals surface area contributed by atoms with Crippen molar-refractivity contribution in [1.82, 2.24) is 25.3 Å². The lowest BCUT2D eigenvalue weighted by atomic mass is 9.92. The van der Waals surface area contributed by atoms with Crippen LogP contribution in [0.25, 0.3) is 11.3 Å². The molecule has 3 aliphatic heterocycles. The summed E-state index contributed by atoms with van der Waals surface area (Å²) in [4.78, 5) is 29.5. The van der Waals surface area contributed by atoms with Crippen molar-refractivity contribution in [3.8, 4) is 22.8 Å². The van der Waals surface area contributed by atoms with E-state index in [1.54, 1.807) is 17.0 Å². The van der Waals surface area contributed by atoms with Crippen molar-refractivity contribution < 1.29 is 36.6 Å². The van der Waals surface area contributed by atoms with Gasteiger partial charge in [0.05, 0.1) is 17.0 Å². The number of piperidine rings is 1. The molecule has 2 amide bonds. The second kappa shape index (κ2) is 15.6. The van der Waals surface area contributed by atoms with Crippen LogP contribution in [-0.2, 0) is 16.1 Å². The first-order chi connectivity index (χ1) is 24.4. The highest BCUT2D eigenvalue weighted by molar-refractivity contribution is 5.95. The van der Waals surface area contributed by atoms with E-state index in [9.17, 15) is 22.8 Å². The molecule has 9 nitrogen and oxygen atoms in total. The number of rotatable bonds is 10. The molecule has 51 heavy (non-hydrogen) atoms. The molecule has 1 N–H and O–H groups in total. The van der Waals surface area contributed by atoms with Crippen LogP contribution in [-0.4, -0.2) is 82.4 Å². The van der Waals surface area contributed by atoms with Crippen LogP contribution in [0.2, 0.25) is 0 Å². The van der Waals surface area contributed by atoms with Crippen LogP contribution in [0.4, 0.5) is 17.6 Å². The average Bonchev–Trinajstić information content (AvgIpc) is 3.48. The lowest BCUT2D eigenvalue weighted by Crippen LogP contribution is -2.59. The molecule has 3 saturated heterocycles. The van der Waals surface area contributed by atoms with Crippen molar-refractivity contribution in [3.63, 3.8) is 0 Å².